The van der Waals surface area contributed by atoms with Crippen LogP contribution in [0.4, 0.5) is 29.7 Å². The predicted molar refractivity (Wildman–Crippen MR) is 147 cm³/mol. The third kappa shape index (κ3) is 8.01. The molecule has 1 aromatic heterocycles. The molecule has 0 saturated heterocycles. The van der Waals surface area contributed by atoms with Gasteiger partial charge in [-0.25, -0.2) is 4.98 Å². The molecular weight excluding hydrogens is 531 g/mol. The molecule has 3 aromatic carbocycles. The summed E-state index contributed by atoms with van der Waals surface area (Å²) in [5.74, 6) is -0.992. The summed E-state index contributed by atoms with van der Waals surface area (Å²) >= 11 is 1.27. The van der Waals surface area contributed by atoms with Crippen molar-refractivity contribution in [2.45, 2.75) is 26.4 Å². The van der Waals surface area contributed by atoms with Gasteiger partial charge in [-0.2, -0.15) is 13.2 Å². The summed E-state index contributed by atoms with van der Waals surface area (Å²) in [6.45, 7) is 4.57. The molecule has 8 nitrogen and oxygen atoms in total. The smallest absolute Gasteiger partial charge is 0.375 e. The van der Waals surface area contributed by atoms with Crippen LogP contribution in [0.5, 0.6) is 0 Å². The van der Waals surface area contributed by atoms with Crippen molar-refractivity contribution in [2.24, 2.45) is 0 Å². The minimum absolute atomic E-state index is 0.0121. The third-order valence-corrected chi connectivity index (χ3v) is 6.19. The Bertz CT molecular complexity index is 1490. The minimum Gasteiger partial charge on any atom is -0.375 e. The number of amides is 3. The quantitative estimate of drug-likeness (QED) is 0.167. The molecule has 0 aliphatic rings. The predicted octanol–water partition coefficient (Wildman–Crippen LogP) is 5.85. The number of carbonyl (C=O) groups excluding carboxylic acids is 3. The van der Waals surface area contributed by atoms with E-state index in [-0.39, 0.29) is 17.2 Å². The number of aryl methyl sites for hydroxylation is 1. The van der Waals surface area contributed by atoms with Crippen LogP contribution in [0.1, 0.15) is 45.2 Å². The van der Waals surface area contributed by atoms with Gasteiger partial charge >= 0.3 is 6.18 Å². The first-order valence-electron chi connectivity index (χ1n) is 11.8. The first-order valence-corrected chi connectivity index (χ1v) is 12.6. The highest BCUT2D eigenvalue weighted by atomic mass is 32.1. The lowest BCUT2D eigenvalue weighted by molar-refractivity contribution is -0.137. The highest BCUT2D eigenvalue weighted by Gasteiger charge is 2.30. The van der Waals surface area contributed by atoms with Crippen molar-refractivity contribution in [3.05, 3.63) is 82.9 Å². The number of alkyl halides is 3. The Morgan fingerprint density at radius 2 is 1.69 bits per heavy atom. The molecule has 0 spiro atoms. The van der Waals surface area contributed by atoms with Crippen LogP contribution in [0.15, 0.2) is 60.7 Å². The fourth-order valence-corrected chi connectivity index (χ4v) is 4.13. The second-order valence-corrected chi connectivity index (χ2v) is 9.39. The maximum absolute atomic E-state index is 12.9. The van der Waals surface area contributed by atoms with Crippen LogP contribution < -0.4 is 21.7 Å². The maximum atomic E-state index is 12.9. The minimum atomic E-state index is -4.52. The molecule has 0 aliphatic heterocycles. The van der Waals surface area contributed by atoms with E-state index in [1.54, 1.807) is 31.2 Å². The zero-order valence-electron chi connectivity index (χ0n) is 21.1. The zero-order chi connectivity index (χ0) is 28.6. The summed E-state index contributed by atoms with van der Waals surface area (Å²) in [4.78, 5) is 39.0. The lowest BCUT2D eigenvalue weighted by Crippen LogP contribution is -2.16. The number of nitrogens with zero attached hydrogens (tertiary/aromatic N) is 1. The fraction of sp³-hybridized carbons (Fsp3) is 0.185. The summed E-state index contributed by atoms with van der Waals surface area (Å²) < 4.78 is 39.5. The SMILES string of the molecule is CCCNC=O.Cc1ccc(C(=O)Nc2cccc(C(F)(F)F)c2)cc1NC(=O)c1ccc2nc(N)sc2c1. The van der Waals surface area contributed by atoms with Crippen molar-refractivity contribution in [1.82, 2.24) is 10.3 Å². The molecule has 0 aliphatic carbocycles. The van der Waals surface area contributed by atoms with Gasteiger partial charge in [0.1, 0.15) is 0 Å². The standard InChI is InChI=1S/C23H17F3N4O2S.C4H9NO/c1-12-5-6-13(20(31)28-16-4-2-3-15(11-16)23(24,25)26)9-18(12)29-21(32)14-7-8-17-19(10-14)33-22(27)30-17;1-2-3-5-4-6/h2-11H,1H3,(H2,27,30)(H,28,31)(H,29,32);4H,2-3H2,1H3,(H,5,6). The van der Waals surface area contributed by atoms with E-state index < -0.39 is 17.6 Å². The summed E-state index contributed by atoms with van der Waals surface area (Å²) in [5.41, 5.74) is 7.23. The summed E-state index contributed by atoms with van der Waals surface area (Å²) in [5, 5.41) is 8.15. The van der Waals surface area contributed by atoms with Crippen molar-refractivity contribution >= 4 is 56.3 Å². The van der Waals surface area contributed by atoms with Crippen LogP contribution in [0.3, 0.4) is 0 Å². The third-order valence-electron chi connectivity index (χ3n) is 5.34. The highest BCUT2D eigenvalue weighted by molar-refractivity contribution is 7.22. The lowest BCUT2D eigenvalue weighted by Gasteiger charge is -2.12. The molecule has 3 amide bonds. The number of nitrogen functional groups attached to an aromatic ring is 1. The summed E-state index contributed by atoms with van der Waals surface area (Å²) in [6, 6.07) is 14.0. The van der Waals surface area contributed by atoms with Crippen molar-refractivity contribution < 1.29 is 27.6 Å². The molecule has 0 radical (unpaired) electrons. The Morgan fingerprint density at radius 3 is 2.36 bits per heavy atom. The Kier molecular flexibility index (Phi) is 9.61. The van der Waals surface area contributed by atoms with Gasteiger partial charge in [0.2, 0.25) is 6.41 Å². The van der Waals surface area contributed by atoms with Crippen LogP contribution in [-0.2, 0) is 11.0 Å². The first-order chi connectivity index (χ1) is 18.5. The van der Waals surface area contributed by atoms with E-state index in [1.807, 2.05) is 6.92 Å². The number of aromatic nitrogens is 1. The Hall–Kier alpha value is -4.45. The molecule has 4 rings (SSSR count). The Balaban J connectivity index is 0.000000631. The van der Waals surface area contributed by atoms with Crippen LogP contribution in [0.2, 0.25) is 0 Å². The molecule has 4 aromatic rings. The first kappa shape index (κ1) is 29.1. The molecule has 12 heteroatoms. The van der Waals surface area contributed by atoms with E-state index in [2.05, 4.69) is 20.9 Å². The number of hydrogen-bond donors (Lipinski definition) is 4. The van der Waals surface area contributed by atoms with Crippen LogP contribution >= 0.6 is 11.3 Å². The largest absolute Gasteiger partial charge is 0.416 e. The average Bonchev–Trinajstić information content (AvgIpc) is 3.28. The van der Waals surface area contributed by atoms with Gasteiger partial charge in [0.25, 0.3) is 11.8 Å². The summed E-state index contributed by atoms with van der Waals surface area (Å²) in [7, 11) is 0. The number of fused-ring (bicyclic) bond motifs is 1. The number of nitrogens with one attached hydrogen (secondary N) is 3. The molecule has 0 fully saturated rings. The van der Waals surface area contributed by atoms with Gasteiger partial charge in [0.05, 0.1) is 15.8 Å². The van der Waals surface area contributed by atoms with Gasteiger partial charge in [-0.3, -0.25) is 14.4 Å². The molecule has 204 valence electrons. The molecule has 0 saturated carbocycles. The van der Waals surface area contributed by atoms with Crippen molar-refractivity contribution in [2.75, 3.05) is 22.9 Å². The van der Waals surface area contributed by atoms with Crippen molar-refractivity contribution in [3.63, 3.8) is 0 Å². The number of rotatable bonds is 7. The topological polar surface area (TPSA) is 126 Å². The van der Waals surface area contributed by atoms with Crippen molar-refractivity contribution in [1.29, 1.82) is 0 Å². The molecule has 0 unspecified atom stereocenters. The molecule has 0 atom stereocenters. The zero-order valence-corrected chi connectivity index (χ0v) is 21.9. The normalized spacial score (nSPS) is 10.8. The van der Waals surface area contributed by atoms with Gasteiger partial charge < -0.3 is 21.7 Å². The number of benzene rings is 3. The molecule has 0 bridgehead atoms. The van der Waals surface area contributed by atoms with Crippen molar-refractivity contribution in [3.8, 4) is 0 Å². The second-order valence-electron chi connectivity index (χ2n) is 8.32. The van der Waals surface area contributed by atoms with E-state index in [1.165, 1.54) is 35.6 Å². The van der Waals surface area contributed by atoms with Gasteiger partial charge in [0.15, 0.2) is 5.13 Å². The maximum Gasteiger partial charge on any atom is 0.416 e. The number of carbonyl (C=O) groups is 3. The second kappa shape index (κ2) is 12.9. The van der Waals surface area contributed by atoms with E-state index in [4.69, 9.17) is 5.73 Å². The fourth-order valence-electron chi connectivity index (χ4n) is 3.36. The Labute approximate surface area is 226 Å². The number of halogens is 3. The van der Waals surface area contributed by atoms with Crippen LogP contribution in [0, 0.1) is 6.92 Å². The van der Waals surface area contributed by atoms with Gasteiger partial charge in [-0.1, -0.05) is 30.4 Å². The molecular formula is C27H26F3N5O3S. The molecule has 1 heterocycles. The van der Waals surface area contributed by atoms with E-state index >= 15 is 0 Å². The number of hydrogen-bond acceptors (Lipinski definition) is 6. The van der Waals surface area contributed by atoms with E-state index in [0.717, 1.165) is 29.8 Å². The number of nitrogens with two attached hydrogens (primary N) is 1. The molecule has 5 N–H and O–H groups in total. The summed E-state index contributed by atoms with van der Waals surface area (Å²) in [6.07, 6.45) is -2.79. The van der Waals surface area contributed by atoms with Gasteiger partial charge in [-0.05, 0) is 67.4 Å². The van der Waals surface area contributed by atoms with Gasteiger partial charge in [-0.15, -0.1) is 0 Å². The number of thiazole rings is 1. The van der Waals surface area contributed by atoms with Crippen LogP contribution in [-0.4, -0.2) is 29.8 Å². The number of anilines is 3. The van der Waals surface area contributed by atoms with Crippen LogP contribution in [0.25, 0.3) is 10.2 Å². The van der Waals surface area contributed by atoms with Gasteiger partial charge in [0, 0.05) is 29.0 Å². The Morgan fingerprint density at radius 1 is 1.00 bits per heavy atom. The lowest BCUT2D eigenvalue weighted by atomic mass is 10.1. The highest BCUT2D eigenvalue weighted by Crippen LogP contribution is 2.31. The van der Waals surface area contributed by atoms with E-state index in [9.17, 15) is 27.6 Å². The monoisotopic (exact) mass is 557 g/mol. The van der Waals surface area contributed by atoms with E-state index in [0.29, 0.717) is 33.9 Å². The molecule has 39 heavy (non-hydrogen) atoms. The average molecular weight is 558 g/mol.